The molecule has 1 amide bonds. The Morgan fingerprint density at radius 1 is 1.14 bits per heavy atom. The number of hydrogen-bond donors (Lipinski definition) is 2. The van der Waals surface area contributed by atoms with Crippen molar-refractivity contribution in [2.75, 3.05) is 19.0 Å². The van der Waals surface area contributed by atoms with Crippen molar-refractivity contribution < 1.29 is 9.90 Å². The largest absolute Gasteiger partial charge is 0.396 e. The highest BCUT2D eigenvalue weighted by Crippen LogP contribution is 1.98. The minimum Gasteiger partial charge on any atom is -0.396 e. The summed E-state index contributed by atoms with van der Waals surface area (Å²) in [5, 5.41) is 11.4. The van der Waals surface area contributed by atoms with Crippen LogP contribution < -0.4 is 5.32 Å². The minimum absolute atomic E-state index is 0.0906. The van der Waals surface area contributed by atoms with Crippen LogP contribution in [0.5, 0.6) is 0 Å². The summed E-state index contributed by atoms with van der Waals surface area (Å²) < 4.78 is 0. The molecular weight excluding hydrogens is 202 g/mol. The van der Waals surface area contributed by atoms with Crippen molar-refractivity contribution in [3.8, 4) is 0 Å². The van der Waals surface area contributed by atoms with Gasteiger partial charge in [0.2, 0.25) is 5.91 Å². The van der Waals surface area contributed by atoms with E-state index in [1.807, 2.05) is 0 Å². The molecule has 0 saturated carbocycles. The summed E-state index contributed by atoms with van der Waals surface area (Å²) >= 11 is 5.46. The smallest absolute Gasteiger partial charge is 0.220 e. The lowest BCUT2D eigenvalue weighted by atomic mass is 10.2. The number of aliphatic hydroxyl groups is 1. The van der Waals surface area contributed by atoms with Gasteiger partial charge in [-0.15, -0.1) is 11.6 Å². The van der Waals surface area contributed by atoms with Gasteiger partial charge in [0.05, 0.1) is 0 Å². The number of nitrogens with one attached hydrogen (secondary N) is 1. The maximum absolute atomic E-state index is 11.1. The van der Waals surface area contributed by atoms with E-state index >= 15 is 0 Å². The van der Waals surface area contributed by atoms with E-state index in [4.69, 9.17) is 16.7 Å². The Morgan fingerprint density at radius 3 is 2.50 bits per heavy atom. The van der Waals surface area contributed by atoms with Crippen molar-refractivity contribution in [2.45, 2.75) is 38.5 Å². The highest BCUT2D eigenvalue weighted by atomic mass is 35.5. The quantitative estimate of drug-likeness (QED) is 0.460. The Balaban J connectivity index is 3.07. The van der Waals surface area contributed by atoms with Crippen LogP contribution in [0.4, 0.5) is 0 Å². The average Bonchev–Trinajstić information content (AvgIpc) is 2.20. The van der Waals surface area contributed by atoms with Gasteiger partial charge in [0.25, 0.3) is 0 Å². The lowest BCUT2D eigenvalue weighted by Crippen LogP contribution is -2.24. The second kappa shape index (κ2) is 10.8. The summed E-state index contributed by atoms with van der Waals surface area (Å²) in [5.41, 5.74) is 0. The zero-order valence-corrected chi connectivity index (χ0v) is 9.35. The summed E-state index contributed by atoms with van der Waals surface area (Å²) in [7, 11) is 0. The van der Waals surface area contributed by atoms with Gasteiger partial charge < -0.3 is 10.4 Å². The van der Waals surface area contributed by atoms with Crippen LogP contribution in [-0.2, 0) is 4.79 Å². The van der Waals surface area contributed by atoms with Crippen molar-refractivity contribution in [2.24, 2.45) is 0 Å². The number of hydrogen-bond acceptors (Lipinski definition) is 2. The summed E-state index contributed by atoms with van der Waals surface area (Å²) in [5.74, 6) is 0.636. The maximum atomic E-state index is 11.1. The number of unbranched alkanes of at least 4 members (excludes halogenated alkanes) is 3. The number of carbonyl (C=O) groups excluding carboxylic acids is 1. The Kier molecular flexibility index (Phi) is 10.6. The highest BCUT2D eigenvalue weighted by molar-refractivity contribution is 6.17. The van der Waals surface area contributed by atoms with Crippen molar-refractivity contribution in [3.05, 3.63) is 0 Å². The average molecular weight is 222 g/mol. The Labute approximate surface area is 90.8 Å². The van der Waals surface area contributed by atoms with Gasteiger partial charge in [-0.2, -0.15) is 0 Å². The first-order valence-electron chi connectivity index (χ1n) is 5.24. The van der Waals surface area contributed by atoms with Crippen molar-refractivity contribution in [3.63, 3.8) is 0 Å². The van der Waals surface area contributed by atoms with Crippen molar-refractivity contribution in [1.29, 1.82) is 0 Å². The van der Waals surface area contributed by atoms with E-state index in [-0.39, 0.29) is 12.5 Å². The monoisotopic (exact) mass is 221 g/mol. The van der Waals surface area contributed by atoms with E-state index in [1.54, 1.807) is 0 Å². The molecule has 84 valence electrons. The fraction of sp³-hybridized carbons (Fsp3) is 0.900. The molecule has 0 heterocycles. The Morgan fingerprint density at radius 2 is 1.86 bits per heavy atom. The van der Waals surface area contributed by atoms with Crippen LogP contribution in [0.3, 0.4) is 0 Å². The first-order chi connectivity index (χ1) is 6.81. The molecule has 3 nitrogen and oxygen atoms in total. The van der Waals surface area contributed by atoms with Gasteiger partial charge >= 0.3 is 0 Å². The lowest BCUT2D eigenvalue weighted by Gasteiger charge is -2.03. The number of halogens is 1. The minimum atomic E-state index is 0.0906. The van der Waals surface area contributed by atoms with E-state index < -0.39 is 0 Å². The highest BCUT2D eigenvalue weighted by Gasteiger charge is 1.98. The van der Waals surface area contributed by atoms with E-state index in [0.717, 1.165) is 38.6 Å². The van der Waals surface area contributed by atoms with Crippen LogP contribution in [0.1, 0.15) is 38.5 Å². The molecule has 0 spiro atoms. The van der Waals surface area contributed by atoms with Crippen LogP contribution in [0.25, 0.3) is 0 Å². The fourth-order valence-electron chi connectivity index (χ4n) is 1.13. The topological polar surface area (TPSA) is 49.3 Å². The number of carbonyl (C=O) groups is 1. The lowest BCUT2D eigenvalue weighted by molar-refractivity contribution is -0.121. The van der Waals surface area contributed by atoms with Gasteiger partial charge in [0.1, 0.15) is 0 Å². The molecule has 4 heteroatoms. The van der Waals surface area contributed by atoms with Gasteiger partial charge in [0.15, 0.2) is 0 Å². The summed E-state index contributed by atoms with van der Waals surface area (Å²) in [4.78, 5) is 11.1. The molecule has 0 aromatic rings. The third-order valence-corrected chi connectivity index (χ3v) is 2.21. The summed E-state index contributed by atoms with van der Waals surface area (Å²) in [6.07, 6.45) is 5.23. The van der Waals surface area contributed by atoms with Crippen molar-refractivity contribution >= 4 is 17.5 Å². The van der Waals surface area contributed by atoms with Gasteiger partial charge in [0, 0.05) is 25.5 Å². The third-order valence-electron chi connectivity index (χ3n) is 1.94. The number of alkyl halides is 1. The standard InChI is InChI=1S/C10H20ClNO2/c11-7-5-6-10(14)12-8-3-1-2-4-9-13/h13H,1-9H2,(H,12,14). The molecule has 0 radical (unpaired) electrons. The molecule has 2 N–H and O–H groups in total. The molecule has 0 unspecified atom stereocenters. The zero-order chi connectivity index (χ0) is 10.6. The third kappa shape index (κ3) is 9.81. The molecule has 0 aliphatic rings. The van der Waals surface area contributed by atoms with Crippen LogP contribution in [0.15, 0.2) is 0 Å². The van der Waals surface area contributed by atoms with Gasteiger partial charge in [-0.1, -0.05) is 12.8 Å². The number of amides is 1. The van der Waals surface area contributed by atoms with Crippen LogP contribution in [-0.4, -0.2) is 30.0 Å². The Hall–Kier alpha value is -0.280. The molecule has 0 aliphatic carbocycles. The molecule has 0 aromatic heterocycles. The van der Waals surface area contributed by atoms with E-state index in [2.05, 4.69) is 5.32 Å². The molecule has 0 atom stereocenters. The fourth-order valence-corrected chi connectivity index (χ4v) is 1.27. The molecule has 0 aliphatic heterocycles. The van der Waals surface area contributed by atoms with E-state index in [9.17, 15) is 4.79 Å². The first-order valence-corrected chi connectivity index (χ1v) is 5.78. The van der Waals surface area contributed by atoms with Crippen LogP contribution >= 0.6 is 11.6 Å². The van der Waals surface area contributed by atoms with Crippen molar-refractivity contribution in [1.82, 2.24) is 5.32 Å². The summed E-state index contributed by atoms with van der Waals surface area (Å²) in [6.45, 7) is 1.01. The van der Waals surface area contributed by atoms with Crippen LogP contribution in [0, 0.1) is 0 Å². The molecule has 14 heavy (non-hydrogen) atoms. The maximum Gasteiger partial charge on any atom is 0.220 e. The van der Waals surface area contributed by atoms with Crippen LogP contribution in [0.2, 0.25) is 0 Å². The summed E-state index contributed by atoms with van der Waals surface area (Å²) in [6, 6.07) is 0. The normalized spacial score (nSPS) is 10.1. The molecular formula is C10H20ClNO2. The zero-order valence-electron chi connectivity index (χ0n) is 8.60. The van der Waals surface area contributed by atoms with E-state index in [0.29, 0.717) is 12.3 Å². The molecule has 0 bridgehead atoms. The molecule has 0 aromatic carbocycles. The number of aliphatic hydroxyl groups excluding tert-OH is 1. The molecule has 0 rings (SSSR count). The SMILES string of the molecule is O=C(CCCCl)NCCCCCCO. The van der Waals surface area contributed by atoms with Gasteiger partial charge in [-0.25, -0.2) is 0 Å². The Bertz CT molecular complexity index is 142. The van der Waals surface area contributed by atoms with Gasteiger partial charge in [-0.3, -0.25) is 4.79 Å². The predicted molar refractivity (Wildman–Crippen MR) is 58.5 cm³/mol. The van der Waals surface area contributed by atoms with E-state index in [1.165, 1.54) is 0 Å². The second-order valence-corrected chi connectivity index (χ2v) is 3.66. The second-order valence-electron chi connectivity index (χ2n) is 3.28. The number of rotatable bonds is 9. The predicted octanol–water partition coefficient (Wildman–Crippen LogP) is 1.67. The molecule has 0 fully saturated rings. The molecule has 0 saturated heterocycles. The first kappa shape index (κ1) is 13.7. The van der Waals surface area contributed by atoms with Gasteiger partial charge in [-0.05, 0) is 19.3 Å².